The standard InChI is InChI=1S/C25H18O2/c26-25-19-13-7-8-14-23(19)27-24-16-21(18-11-5-2-6-12-18)20(15-22(24)25)17-9-3-1-4-10-17/h1-14,16,20H,15H2. The molecule has 1 heterocycles. The summed E-state index contributed by atoms with van der Waals surface area (Å²) in [5, 5.41) is 0.652. The molecule has 1 unspecified atom stereocenters. The fraction of sp³-hybridized carbons (Fsp3) is 0.0800. The van der Waals surface area contributed by atoms with Gasteiger partial charge in [0.05, 0.1) is 5.39 Å². The highest BCUT2D eigenvalue weighted by Gasteiger charge is 2.27. The molecule has 1 aromatic heterocycles. The van der Waals surface area contributed by atoms with E-state index in [1.807, 2.05) is 48.5 Å². The second-order valence-corrected chi connectivity index (χ2v) is 6.90. The highest BCUT2D eigenvalue weighted by Crippen LogP contribution is 2.40. The van der Waals surface area contributed by atoms with Crippen LogP contribution in [0.15, 0.2) is 94.1 Å². The number of fused-ring (bicyclic) bond motifs is 2. The second-order valence-electron chi connectivity index (χ2n) is 6.90. The van der Waals surface area contributed by atoms with Crippen LogP contribution in [0.2, 0.25) is 0 Å². The van der Waals surface area contributed by atoms with E-state index >= 15 is 0 Å². The lowest BCUT2D eigenvalue weighted by molar-refractivity contribution is 0.573. The molecule has 0 saturated heterocycles. The largest absolute Gasteiger partial charge is 0.456 e. The average Bonchev–Trinajstić information content (AvgIpc) is 2.74. The van der Waals surface area contributed by atoms with Gasteiger partial charge in [-0.25, -0.2) is 0 Å². The van der Waals surface area contributed by atoms with Gasteiger partial charge in [-0.1, -0.05) is 72.8 Å². The summed E-state index contributed by atoms with van der Waals surface area (Å²) in [7, 11) is 0. The zero-order valence-electron chi connectivity index (χ0n) is 14.8. The molecule has 0 radical (unpaired) electrons. The molecule has 0 bridgehead atoms. The van der Waals surface area contributed by atoms with Crippen molar-refractivity contribution >= 4 is 22.6 Å². The number of rotatable bonds is 2. The summed E-state index contributed by atoms with van der Waals surface area (Å²) in [5.41, 5.74) is 5.05. The van der Waals surface area contributed by atoms with E-state index in [-0.39, 0.29) is 11.3 Å². The van der Waals surface area contributed by atoms with Crippen LogP contribution in [0.4, 0.5) is 0 Å². The summed E-state index contributed by atoms with van der Waals surface area (Å²) in [6.45, 7) is 0. The number of hydrogen-bond acceptors (Lipinski definition) is 2. The minimum atomic E-state index is 0.0798. The van der Waals surface area contributed by atoms with Crippen molar-refractivity contribution in [3.05, 3.63) is 118 Å². The molecule has 0 spiro atoms. The predicted octanol–water partition coefficient (Wildman–Crippen LogP) is 5.67. The molecule has 1 atom stereocenters. The Labute approximate surface area is 157 Å². The topological polar surface area (TPSA) is 30.2 Å². The lowest BCUT2D eigenvalue weighted by Gasteiger charge is -2.26. The van der Waals surface area contributed by atoms with E-state index in [1.165, 1.54) is 11.1 Å². The molecule has 130 valence electrons. The molecule has 5 rings (SSSR count). The number of benzene rings is 3. The van der Waals surface area contributed by atoms with E-state index in [0.717, 1.165) is 11.1 Å². The molecule has 0 amide bonds. The number of hydrogen-bond donors (Lipinski definition) is 0. The summed E-state index contributed by atoms with van der Waals surface area (Å²) >= 11 is 0. The molecule has 0 fully saturated rings. The van der Waals surface area contributed by atoms with Crippen molar-refractivity contribution in [2.75, 3.05) is 0 Å². The third-order valence-corrected chi connectivity index (χ3v) is 5.30. The van der Waals surface area contributed by atoms with Crippen LogP contribution in [-0.4, -0.2) is 0 Å². The van der Waals surface area contributed by atoms with Crippen LogP contribution in [0.25, 0.3) is 22.6 Å². The number of allylic oxidation sites excluding steroid dienone is 1. The van der Waals surface area contributed by atoms with Gasteiger partial charge in [0.15, 0.2) is 5.43 Å². The first-order valence-electron chi connectivity index (χ1n) is 9.18. The zero-order valence-corrected chi connectivity index (χ0v) is 14.8. The first-order valence-corrected chi connectivity index (χ1v) is 9.18. The maximum atomic E-state index is 13.1. The van der Waals surface area contributed by atoms with Gasteiger partial charge in [-0.2, -0.15) is 0 Å². The summed E-state index contributed by atoms with van der Waals surface area (Å²) in [6, 6.07) is 28.2. The van der Waals surface area contributed by atoms with E-state index in [9.17, 15) is 4.79 Å². The summed E-state index contributed by atoms with van der Waals surface area (Å²) in [4.78, 5) is 13.1. The lowest BCUT2D eigenvalue weighted by atomic mass is 9.78. The van der Waals surface area contributed by atoms with Crippen molar-refractivity contribution in [3.63, 3.8) is 0 Å². The molecule has 2 nitrogen and oxygen atoms in total. The lowest BCUT2D eigenvalue weighted by Crippen LogP contribution is -2.19. The van der Waals surface area contributed by atoms with Crippen molar-refractivity contribution in [1.29, 1.82) is 0 Å². The van der Waals surface area contributed by atoms with Crippen molar-refractivity contribution in [2.24, 2.45) is 0 Å². The van der Waals surface area contributed by atoms with Gasteiger partial charge in [-0.05, 0) is 41.3 Å². The monoisotopic (exact) mass is 350 g/mol. The van der Waals surface area contributed by atoms with Crippen LogP contribution in [0.1, 0.15) is 28.4 Å². The van der Waals surface area contributed by atoms with Gasteiger partial charge < -0.3 is 4.42 Å². The minimum Gasteiger partial charge on any atom is -0.456 e. The molecular weight excluding hydrogens is 332 g/mol. The molecule has 2 heteroatoms. The quantitative estimate of drug-likeness (QED) is 0.466. The van der Waals surface area contributed by atoms with Crippen LogP contribution in [0.3, 0.4) is 0 Å². The Bertz CT molecular complexity index is 1200. The van der Waals surface area contributed by atoms with E-state index in [0.29, 0.717) is 23.2 Å². The maximum Gasteiger partial charge on any atom is 0.196 e. The van der Waals surface area contributed by atoms with Crippen molar-refractivity contribution in [1.82, 2.24) is 0 Å². The molecule has 0 saturated carbocycles. The smallest absolute Gasteiger partial charge is 0.196 e. The summed E-state index contributed by atoms with van der Waals surface area (Å²) < 4.78 is 6.12. The van der Waals surface area contributed by atoms with Gasteiger partial charge in [-0.15, -0.1) is 0 Å². The van der Waals surface area contributed by atoms with Crippen LogP contribution >= 0.6 is 0 Å². The van der Waals surface area contributed by atoms with Crippen LogP contribution < -0.4 is 5.43 Å². The van der Waals surface area contributed by atoms with Gasteiger partial charge in [0, 0.05) is 11.5 Å². The van der Waals surface area contributed by atoms with Crippen LogP contribution in [-0.2, 0) is 6.42 Å². The van der Waals surface area contributed by atoms with Gasteiger partial charge >= 0.3 is 0 Å². The SMILES string of the molecule is O=c1c2c(oc3ccccc13)C=C(c1ccccc1)C(c1ccccc1)C2. The third-order valence-electron chi connectivity index (χ3n) is 5.30. The van der Waals surface area contributed by atoms with E-state index in [4.69, 9.17) is 4.42 Å². The van der Waals surface area contributed by atoms with Crippen molar-refractivity contribution < 1.29 is 4.42 Å². The summed E-state index contributed by atoms with van der Waals surface area (Å²) in [5.74, 6) is 0.815. The van der Waals surface area contributed by atoms with Crippen molar-refractivity contribution in [2.45, 2.75) is 12.3 Å². The fourth-order valence-electron chi connectivity index (χ4n) is 3.96. The van der Waals surface area contributed by atoms with Gasteiger partial charge in [-0.3, -0.25) is 4.79 Å². The highest BCUT2D eigenvalue weighted by molar-refractivity contribution is 5.89. The van der Waals surface area contributed by atoms with E-state index < -0.39 is 0 Å². The molecule has 1 aliphatic carbocycles. The Morgan fingerprint density at radius 2 is 1.44 bits per heavy atom. The second kappa shape index (κ2) is 6.40. The zero-order chi connectivity index (χ0) is 18.2. The van der Waals surface area contributed by atoms with Crippen molar-refractivity contribution in [3.8, 4) is 0 Å². The fourth-order valence-corrected chi connectivity index (χ4v) is 3.96. The predicted molar refractivity (Wildman–Crippen MR) is 110 cm³/mol. The maximum absolute atomic E-state index is 13.1. The van der Waals surface area contributed by atoms with Gasteiger partial charge in [0.2, 0.25) is 0 Å². The van der Waals surface area contributed by atoms with E-state index in [2.05, 4.69) is 42.5 Å². The molecule has 3 aromatic carbocycles. The molecule has 0 N–H and O–H groups in total. The molecular formula is C25H18O2. The molecule has 4 aromatic rings. The van der Waals surface area contributed by atoms with E-state index in [1.54, 1.807) is 0 Å². The molecule has 1 aliphatic rings. The Morgan fingerprint density at radius 3 is 2.22 bits per heavy atom. The average molecular weight is 350 g/mol. The Kier molecular flexibility index (Phi) is 3.75. The van der Waals surface area contributed by atoms with Crippen LogP contribution in [0, 0.1) is 0 Å². The van der Waals surface area contributed by atoms with Gasteiger partial charge in [0.25, 0.3) is 0 Å². The minimum absolute atomic E-state index is 0.0798. The molecule has 0 aliphatic heterocycles. The first-order chi connectivity index (χ1) is 13.3. The van der Waals surface area contributed by atoms with Gasteiger partial charge in [0.1, 0.15) is 11.3 Å². The first kappa shape index (κ1) is 15.8. The molecule has 27 heavy (non-hydrogen) atoms. The Hall–Kier alpha value is -3.39. The van der Waals surface area contributed by atoms with Crippen LogP contribution in [0.5, 0.6) is 0 Å². The highest BCUT2D eigenvalue weighted by atomic mass is 16.3. The number of para-hydroxylation sites is 1. The Morgan fingerprint density at radius 1 is 0.778 bits per heavy atom. The Balaban J connectivity index is 1.77. The summed E-state index contributed by atoms with van der Waals surface area (Å²) in [6.07, 6.45) is 2.70. The third kappa shape index (κ3) is 2.70. The normalized spacial score (nSPS) is 16.0.